The van der Waals surface area contributed by atoms with Crippen LogP contribution in [0.25, 0.3) is 22.6 Å². The Balaban J connectivity index is 1.55. The van der Waals surface area contributed by atoms with Crippen molar-refractivity contribution in [3.63, 3.8) is 0 Å². The molecule has 37 heavy (non-hydrogen) atoms. The Kier molecular flexibility index (Phi) is 7.45. The molecule has 1 aliphatic carbocycles. The number of fused-ring (bicyclic) bond motifs is 1. The second-order valence-corrected chi connectivity index (χ2v) is 10.8. The smallest absolute Gasteiger partial charge is 0.295 e. The van der Waals surface area contributed by atoms with Crippen LogP contribution in [0.5, 0.6) is 0 Å². The van der Waals surface area contributed by atoms with Crippen molar-refractivity contribution in [1.82, 2.24) is 34.5 Å². The molecule has 1 aliphatic rings. The standard InChI is InChI=1S/C27H32N8OS/c1-5-7-16(3)35-26-21(14-30-24(34-26)22-17(4)31-15-32-23(22)18-8-9-18)33-25(27(35)36)29-12-19-10-11-20(13-28-19)37-6-2/h10-11,13-16,18H,5-9,12H2,1-4H3,(H,29,33)/t16-/m0/s1. The summed E-state index contributed by atoms with van der Waals surface area (Å²) >= 11 is 1.75. The Labute approximate surface area is 220 Å². The van der Waals surface area contributed by atoms with Crippen LogP contribution in [0.1, 0.15) is 75.5 Å². The molecular formula is C27H32N8OS. The predicted molar refractivity (Wildman–Crippen MR) is 147 cm³/mol. The summed E-state index contributed by atoms with van der Waals surface area (Å²) in [6, 6.07) is 3.97. The Morgan fingerprint density at radius 3 is 2.65 bits per heavy atom. The number of hydrogen-bond donors (Lipinski definition) is 1. The maximum Gasteiger partial charge on any atom is 0.295 e. The molecule has 1 N–H and O–H groups in total. The van der Waals surface area contributed by atoms with Crippen LogP contribution in [0.2, 0.25) is 0 Å². The van der Waals surface area contributed by atoms with Gasteiger partial charge in [-0.2, -0.15) is 0 Å². The zero-order chi connectivity index (χ0) is 25.9. The summed E-state index contributed by atoms with van der Waals surface area (Å²) in [5.74, 6) is 2.24. The number of aryl methyl sites for hydroxylation is 1. The number of pyridine rings is 1. The Morgan fingerprint density at radius 2 is 1.95 bits per heavy atom. The third-order valence-electron chi connectivity index (χ3n) is 6.58. The Morgan fingerprint density at radius 1 is 1.11 bits per heavy atom. The molecule has 1 atom stereocenters. The van der Waals surface area contributed by atoms with Gasteiger partial charge in [0.15, 0.2) is 17.3 Å². The highest BCUT2D eigenvalue weighted by molar-refractivity contribution is 7.99. The summed E-state index contributed by atoms with van der Waals surface area (Å²) in [7, 11) is 0. The largest absolute Gasteiger partial charge is 0.360 e. The number of anilines is 1. The lowest BCUT2D eigenvalue weighted by Crippen LogP contribution is -2.28. The molecule has 0 radical (unpaired) electrons. The van der Waals surface area contributed by atoms with E-state index in [1.807, 2.05) is 32.2 Å². The minimum atomic E-state index is -0.195. The zero-order valence-electron chi connectivity index (χ0n) is 21.7. The average Bonchev–Trinajstić information content (AvgIpc) is 3.74. The van der Waals surface area contributed by atoms with E-state index in [0.717, 1.165) is 59.0 Å². The number of nitrogens with zero attached hydrogens (tertiary/aromatic N) is 7. The molecular weight excluding hydrogens is 484 g/mol. The van der Waals surface area contributed by atoms with Crippen LogP contribution in [0.3, 0.4) is 0 Å². The van der Waals surface area contributed by atoms with Crippen molar-refractivity contribution in [3.05, 3.63) is 58.3 Å². The topological polar surface area (TPSA) is 111 Å². The molecule has 0 aliphatic heterocycles. The number of hydrogen-bond acceptors (Lipinski definition) is 9. The first-order valence-corrected chi connectivity index (χ1v) is 13.9. The normalized spacial score (nSPS) is 14.2. The van der Waals surface area contributed by atoms with Crippen molar-refractivity contribution in [2.24, 2.45) is 0 Å². The third kappa shape index (κ3) is 5.34. The van der Waals surface area contributed by atoms with Gasteiger partial charge in [0.05, 0.1) is 35.4 Å². The van der Waals surface area contributed by atoms with Gasteiger partial charge < -0.3 is 5.32 Å². The number of aromatic nitrogens is 7. The molecule has 4 aromatic heterocycles. The van der Waals surface area contributed by atoms with E-state index in [1.165, 1.54) is 0 Å². The fourth-order valence-corrected chi connectivity index (χ4v) is 5.19. The molecule has 4 heterocycles. The van der Waals surface area contributed by atoms with Gasteiger partial charge in [0, 0.05) is 23.1 Å². The van der Waals surface area contributed by atoms with Crippen LogP contribution in [0.15, 0.2) is 40.5 Å². The molecule has 0 saturated heterocycles. The summed E-state index contributed by atoms with van der Waals surface area (Å²) < 4.78 is 1.75. The van der Waals surface area contributed by atoms with Crippen molar-refractivity contribution in [2.45, 2.75) is 76.8 Å². The number of thioether (sulfide) groups is 1. The van der Waals surface area contributed by atoms with Gasteiger partial charge in [0.2, 0.25) is 0 Å². The number of rotatable bonds is 10. The van der Waals surface area contributed by atoms with Gasteiger partial charge in [-0.15, -0.1) is 11.8 Å². The lowest BCUT2D eigenvalue weighted by atomic mass is 10.1. The summed E-state index contributed by atoms with van der Waals surface area (Å²) in [5.41, 5.74) is 4.45. The lowest BCUT2D eigenvalue weighted by Gasteiger charge is -2.19. The van der Waals surface area contributed by atoms with Crippen LogP contribution < -0.4 is 10.9 Å². The molecule has 0 unspecified atom stereocenters. The maximum atomic E-state index is 13.7. The first-order valence-electron chi connectivity index (χ1n) is 12.9. The highest BCUT2D eigenvalue weighted by Crippen LogP contribution is 2.43. The average molecular weight is 517 g/mol. The SMILES string of the molecule is CCC[C@H](C)n1c(=O)c(NCc2ccc(SCC)cn2)nc2cnc(-c3c(C)ncnc3C3CC3)nc21. The summed E-state index contributed by atoms with van der Waals surface area (Å²) in [6.07, 6.45) is 9.19. The lowest BCUT2D eigenvalue weighted by molar-refractivity contribution is 0.497. The Bertz CT molecular complexity index is 1470. The molecule has 0 bridgehead atoms. The van der Waals surface area contributed by atoms with Gasteiger partial charge in [0.1, 0.15) is 11.8 Å². The van der Waals surface area contributed by atoms with Crippen molar-refractivity contribution in [1.29, 1.82) is 0 Å². The monoisotopic (exact) mass is 516 g/mol. The minimum Gasteiger partial charge on any atom is -0.360 e. The van der Waals surface area contributed by atoms with Crippen molar-refractivity contribution in [2.75, 3.05) is 11.1 Å². The van der Waals surface area contributed by atoms with Crippen LogP contribution >= 0.6 is 11.8 Å². The molecule has 4 aromatic rings. The predicted octanol–water partition coefficient (Wildman–Crippen LogP) is 5.31. The van der Waals surface area contributed by atoms with E-state index in [1.54, 1.807) is 28.9 Å². The van der Waals surface area contributed by atoms with Gasteiger partial charge >= 0.3 is 0 Å². The first kappa shape index (κ1) is 25.3. The van der Waals surface area contributed by atoms with E-state index in [2.05, 4.69) is 44.1 Å². The van der Waals surface area contributed by atoms with Crippen molar-refractivity contribution >= 4 is 28.7 Å². The van der Waals surface area contributed by atoms with Gasteiger partial charge in [-0.05, 0) is 51.0 Å². The highest BCUT2D eigenvalue weighted by atomic mass is 32.2. The molecule has 10 heteroatoms. The van der Waals surface area contributed by atoms with Gasteiger partial charge in [-0.1, -0.05) is 20.3 Å². The summed E-state index contributed by atoms with van der Waals surface area (Å²) in [6.45, 7) is 8.63. The maximum absolute atomic E-state index is 13.7. The fraction of sp³-hybridized carbons (Fsp3) is 0.444. The van der Waals surface area contributed by atoms with E-state index in [-0.39, 0.29) is 17.4 Å². The fourth-order valence-electron chi connectivity index (χ4n) is 4.57. The van der Waals surface area contributed by atoms with E-state index in [4.69, 9.17) is 4.98 Å². The molecule has 0 aromatic carbocycles. The van der Waals surface area contributed by atoms with Gasteiger partial charge in [-0.3, -0.25) is 14.3 Å². The van der Waals surface area contributed by atoms with Crippen LogP contribution in [-0.4, -0.2) is 40.2 Å². The van der Waals surface area contributed by atoms with E-state index in [0.29, 0.717) is 29.5 Å². The minimum absolute atomic E-state index is 0.0502. The van der Waals surface area contributed by atoms with E-state index < -0.39 is 0 Å². The number of nitrogens with one attached hydrogen (secondary N) is 1. The molecule has 0 amide bonds. The first-order chi connectivity index (χ1) is 18.0. The molecule has 0 spiro atoms. The van der Waals surface area contributed by atoms with Crippen molar-refractivity contribution < 1.29 is 0 Å². The van der Waals surface area contributed by atoms with Crippen LogP contribution in [0, 0.1) is 6.92 Å². The second kappa shape index (κ2) is 10.9. The molecule has 5 rings (SSSR count). The highest BCUT2D eigenvalue weighted by Gasteiger charge is 2.30. The zero-order valence-corrected chi connectivity index (χ0v) is 22.5. The molecule has 1 saturated carbocycles. The summed E-state index contributed by atoms with van der Waals surface area (Å²) in [5, 5.41) is 3.21. The molecule has 1 fully saturated rings. The molecule has 192 valence electrons. The van der Waals surface area contributed by atoms with Crippen LogP contribution in [-0.2, 0) is 6.54 Å². The second-order valence-electron chi connectivity index (χ2n) is 9.44. The molecule has 9 nitrogen and oxygen atoms in total. The van der Waals surface area contributed by atoms with Crippen molar-refractivity contribution in [3.8, 4) is 11.4 Å². The Hall–Kier alpha value is -3.40. The van der Waals surface area contributed by atoms with Crippen LogP contribution in [0.4, 0.5) is 5.82 Å². The van der Waals surface area contributed by atoms with E-state index in [9.17, 15) is 4.79 Å². The quantitative estimate of drug-likeness (QED) is 0.280. The third-order valence-corrected chi connectivity index (χ3v) is 7.44. The van der Waals surface area contributed by atoms with Gasteiger partial charge in [-0.25, -0.2) is 24.9 Å². The summed E-state index contributed by atoms with van der Waals surface area (Å²) in [4.78, 5) is 42.5. The van der Waals surface area contributed by atoms with E-state index >= 15 is 0 Å². The van der Waals surface area contributed by atoms with Gasteiger partial charge in [0.25, 0.3) is 5.56 Å².